The van der Waals surface area contributed by atoms with E-state index in [-0.39, 0.29) is 17.5 Å². The number of thioether (sulfide) groups is 1. The standard InChI is InChI=1S/C23H17Cl2FN4OS/c1-14-2-9-18(12-20(14)25)27-21(31)13-32-23-29-28-22(15-3-5-16(24)6-4-15)30(23)19-10-7-17(26)8-11-19/h2-12H,13H2,1H3,(H,27,31). The summed E-state index contributed by atoms with van der Waals surface area (Å²) < 4.78 is 15.3. The van der Waals surface area contributed by atoms with Crippen LogP contribution in [0.25, 0.3) is 17.1 Å². The quantitative estimate of drug-likeness (QED) is 0.319. The number of carbonyl (C=O) groups excluding carboxylic acids is 1. The molecule has 0 radical (unpaired) electrons. The summed E-state index contributed by atoms with van der Waals surface area (Å²) in [6.07, 6.45) is 0. The monoisotopic (exact) mass is 486 g/mol. The summed E-state index contributed by atoms with van der Waals surface area (Å²) >= 11 is 13.4. The average molecular weight is 487 g/mol. The van der Waals surface area contributed by atoms with Crippen LogP contribution >= 0.6 is 35.0 Å². The van der Waals surface area contributed by atoms with E-state index in [1.165, 1.54) is 23.9 Å². The van der Waals surface area contributed by atoms with Crippen LogP contribution in [0, 0.1) is 12.7 Å². The highest BCUT2D eigenvalue weighted by Gasteiger charge is 2.17. The molecule has 0 aliphatic heterocycles. The maximum atomic E-state index is 13.5. The Morgan fingerprint density at radius 1 is 1.03 bits per heavy atom. The van der Waals surface area contributed by atoms with Gasteiger partial charge in [0.2, 0.25) is 5.91 Å². The van der Waals surface area contributed by atoms with Crippen LogP contribution in [0.2, 0.25) is 10.0 Å². The maximum Gasteiger partial charge on any atom is 0.234 e. The van der Waals surface area contributed by atoms with E-state index in [2.05, 4.69) is 15.5 Å². The molecule has 0 bridgehead atoms. The van der Waals surface area contributed by atoms with E-state index in [0.29, 0.717) is 32.4 Å². The Hall–Kier alpha value is -2.87. The molecule has 0 unspecified atom stereocenters. The lowest BCUT2D eigenvalue weighted by Crippen LogP contribution is -2.14. The van der Waals surface area contributed by atoms with Crippen LogP contribution in [-0.2, 0) is 4.79 Å². The van der Waals surface area contributed by atoms with Crippen LogP contribution in [0.3, 0.4) is 0 Å². The normalized spacial score (nSPS) is 10.9. The summed E-state index contributed by atoms with van der Waals surface area (Å²) in [5, 5.41) is 13.1. The van der Waals surface area contributed by atoms with Gasteiger partial charge in [-0.15, -0.1) is 10.2 Å². The molecular weight excluding hydrogens is 470 g/mol. The van der Waals surface area contributed by atoms with Crippen molar-refractivity contribution in [2.75, 3.05) is 11.1 Å². The van der Waals surface area contributed by atoms with Crippen molar-refractivity contribution in [2.24, 2.45) is 0 Å². The molecule has 162 valence electrons. The molecule has 0 aliphatic rings. The Bertz CT molecular complexity index is 1260. The summed E-state index contributed by atoms with van der Waals surface area (Å²) in [6, 6.07) is 18.5. The Morgan fingerprint density at radius 2 is 1.75 bits per heavy atom. The highest BCUT2D eigenvalue weighted by molar-refractivity contribution is 7.99. The zero-order valence-electron chi connectivity index (χ0n) is 16.8. The molecule has 1 amide bonds. The van der Waals surface area contributed by atoms with E-state index in [1.807, 2.05) is 25.1 Å². The summed E-state index contributed by atoms with van der Waals surface area (Å²) in [4.78, 5) is 12.5. The van der Waals surface area contributed by atoms with Crippen LogP contribution in [0.15, 0.2) is 71.9 Å². The predicted molar refractivity (Wildman–Crippen MR) is 127 cm³/mol. The molecule has 1 aromatic heterocycles. The molecule has 0 fully saturated rings. The van der Waals surface area contributed by atoms with E-state index in [9.17, 15) is 9.18 Å². The molecule has 4 rings (SSSR count). The third-order valence-electron chi connectivity index (χ3n) is 4.61. The number of nitrogens with one attached hydrogen (secondary N) is 1. The van der Waals surface area contributed by atoms with Crippen molar-refractivity contribution in [3.63, 3.8) is 0 Å². The van der Waals surface area contributed by atoms with Gasteiger partial charge in [-0.25, -0.2) is 4.39 Å². The number of anilines is 1. The topological polar surface area (TPSA) is 59.8 Å². The fraction of sp³-hybridized carbons (Fsp3) is 0.0870. The second-order valence-corrected chi connectivity index (χ2v) is 8.71. The average Bonchev–Trinajstić information content (AvgIpc) is 3.20. The Labute approximate surface area is 198 Å². The second-order valence-electron chi connectivity index (χ2n) is 6.93. The van der Waals surface area contributed by atoms with Crippen LogP contribution in [0.4, 0.5) is 10.1 Å². The maximum absolute atomic E-state index is 13.5. The lowest BCUT2D eigenvalue weighted by atomic mass is 10.2. The minimum Gasteiger partial charge on any atom is -0.325 e. The van der Waals surface area contributed by atoms with Gasteiger partial charge in [0.15, 0.2) is 11.0 Å². The van der Waals surface area contributed by atoms with Crippen molar-refractivity contribution in [1.29, 1.82) is 0 Å². The van der Waals surface area contributed by atoms with E-state index in [4.69, 9.17) is 23.2 Å². The number of benzene rings is 3. The number of amides is 1. The smallest absolute Gasteiger partial charge is 0.234 e. The molecule has 5 nitrogen and oxygen atoms in total. The van der Waals surface area contributed by atoms with Gasteiger partial charge >= 0.3 is 0 Å². The number of nitrogens with zero attached hydrogens (tertiary/aromatic N) is 3. The molecule has 4 aromatic rings. The van der Waals surface area contributed by atoms with Gasteiger partial charge in [0, 0.05) is 27.0 Å². The van der Waals surface area contributed by atoms with Crippen LogP contribution in [0.1, 0.15) is 5.56 Å². The summed E-state index contributed by atoms with van der Waals surface area (Å²) in [5.74, 6) is 0.101. The van der Waals surface area contributed by atoms with Gasteiger partial charge in [0.1, 0.15) is 5.82 Å². The van der Waals surface area contributed by atoms with Gasteiger partial charge in [-0.3, -0.25) is 9.36 Å². The molecular formula is C23H17Cl2FN4OS. The highest BCUT2D eigenvalue weighted by atomic mass is 35.5. The molecule has 0 aliphatic carbocycles. The van der Waals surface area contributed by atoms with E-state index in [0.717, 1.165) is 11.1 Å². The molecule has 0 saturated carbocycles. The molecule has 1 heterocycles. The molecule has 0 saturated heterocycles. The fourth-order valence-corrected chi connectivity index (χ4v) is 4.03. The van der Waals surface area contributed by atoms with E-state index >= 15 is 0 Å². The number of rotatable bonds is 6. The fourth-order valence-electron chi connectivity index (χ4n) is 2.97. The molecule has 0 spiro atoms. The molecule has 0 atom stereocenters. The van der Waals surface area contributed by atoms with Crippen molar-refractivity contribution in [1.82, 2.24) is 14.8 Å². The predicted octanol–water partition coefficient (Wildman–Crippen LogP) is 6.42. The van der Waals surface area contributed by atoms with Crippen LogP contribution < -0.4 is 5.32 Å². The van der Waals surface area contributed by atoms with E-state index < -0.39 is 0 Å². The number of aromatic nitrogens is 3. The van der Waals surface area contributed by atoms with Crippen molar-refractivity contribution < 1.29 is 9.18 Å². The number of aryl methyl sites for hydroxylation is 1. The van der Waals surface area contributed by atoms with Gasteiger partial charge in [-0.05, 0) is 73.2 Å². The number of halogens is 3. The minimum atomic E-state index is -0.347. The van der Waals surface area contributed by atoms with Crippen molar-refractivity contribution in [3.05, 3.63) is 88.2 Å². The van der Waals surface area contributed by atoms with Gasteiger partial charge in [0.05, 0.1) is 5.75 Å². The summed E-state index contributed by atoms with van der Waals surface area (Å²) in [7, 11) is 0. The van der Waals surface area contributed by atoms with E-state index in [1.54, 1.807) is 41.0 Å². The summed E-state index contributed by atoms with van der Waals surface area (Å²) in [6.45, 7) is 1.89. The zero-order chi connectivity index (χ0) is 22.7. The number of carbonyl (C=O) groups is 1. The first-order valence-electron chi connectivity index (χ1n) is 9.57. The van der Waals surface area contributed by atoms with Gasteiger partial charge in [0.25, 0.3) is 0 Å². The van der Waals surface area contributed by atoms with Crippen molar-refractivity contribution in [3.8, 4) is 17.1 Å². The van der Waals surface area contributed by atoms with Crippen LogP contribution in [0.5, 0.6) is 0 Å². The Balaban J connectivity index is 1.59. The SMILES string of the molecule is Cc1ccc(NC(=O)CSc2nnc(-c3ccc(Cl)cc3)n2-c2ccc(F)cc2)cc1Cl. The lowest BCUT2D eigenvalue weighted by molar-refractivity contribution is -0.113. The molecule has 3 aromatic carbocycles. The third-order valence-corrected chi connectivity index (χ3v) is 6.20. The zero-order valence-corrected chi connectivity index (χ0v) is 19.2. The second kappa shape index (κ2) is 9.73. The molecule has 1 N–H and O–H groups in total. The van der Waals surface area contributed by atoms with Gasteiger partial charge in [-0.1, -0.05) is 41.0 Å². The first-order chi connectivity index (χ1) is 15.4. The van der Waals surface area contributed by atoms with Gasteiger partial charge < -0.3 is 5.32 Å². The first kappa shape index (κ1) is 22.3. The van der Waals surface area contributed by atoms with Crippen molar-refractivity contribution >= 4 is 46.6 Å². The number of hydrogen-bond donors (Lipinski definition) is 1. The largest absolute Gasteiger partial charge is 0.325 e. The third kappa shape index (κ3) is 5.12. The lowest BCUT2D eigenvalue weighted by Gasteiger charge is -2.11. The highest BCUT2D eigenvalue weighted by Crippen LogP contribution is 2.29. The summed E-state index contributed by atoms with van der Waals surface area (Å²) in [5.41, 5.74) is 3.01. The Morgan fingerprint density at radius 3 is 2.44 bits per heavy atom. The minimum absolute atomic E-state index is 0.103. The molecule has 32 heavy (non-hydrogen) atoms. The van der Waals surface area contributed by atoms with Crippen molar-refractivity contribution in [2.45, 2.75) is 12.1 Å². The van der Waals surface area contributed by atoms with Gasteiger partial charge in [-0.2, -0.15) is 0 Å². The number of hydrogen-bond acceptors (Lipinski definition) is 4. The first-order valence-corrected chi connectivity index (χ1v) is 11.3. The van der Waals surface area contributed by atoms with Crippen LogP contribution in [-0.4, -0.2) is 26.4 Å². The molecule has 9 heteroatoms. The Kier molecular flexibility index (Phi) is 6.79.